The maximum absolute atomic E-state index is 11.9. The van der Waals surface area contributed by atoms with Crippen molar-refractivity contribution in [3.8, 4) is 5.75 Å². The van der Waals surface area contributed by atoms with Crippen LogP contribution < -0.4 is 10.6 Å². The van der Waals surface area contributed by atoms with Crippen molar-refractivity contribution in [2.75, 3.05) is 24.2 Å². The quantitative estimate of drug-likeness (QED) is 0.615. The molecule has 1 heterocycles. The summed E-state index contributed by atoms with van der Waals surface area (Å²) in [5.74, 6) is -1.37. The fraction of sp³-hybridized carbons (Fsp3) is 0.429. The van der Waals surface area contributed by atoms with Crippen molar-refractivity contribution < 1.29 is 19.8 Å². The van der Waals surface area contributed by atoms with Gasteiger partial charge in [0.25, 0.3) is 0 Å². The largest absolute Gasteiger partial charge is 0.507 e. The minimum absolute atomic E-state index is 0.166. The van der Waals surface area contributed by atoms with Gasteiger partial charge in [0.05, 0.1) is 5.75 Å². The van der Waals surface area contributed by atoms with Crippen LogP contribution in [0.5, 0.6) is 5.75 Å². The fourth-order valence-corrected chi connectivity index (χ4v) is 3.17. The number of aromatic hydroxyl groups is 1. The molecule has 7 heteroatoms. The van der Waals surface area contributed by atoms with Crippen LogP contribution in [-0.4, -0.2) is 46.2 Å². The first-order chi connectivity index (χ1) is 10.1. The Morgan fingerprint density at radius 3 is 2.71 bits per heavy atom. The van der Waals surface area contributed by atoms with Crippen molar-refractivity contribution in [1.29, 1.82) is 0 Å². The van der Waals surface area contributed by atoms with Gasteiger partial charge in [-0.05, 0) is 44.1 Å². The summed E-state index contributed by atoms with van der Waals surface area (Å²) in [5.41, 5.74) is 0.153. The van der Waals surface area contributed by atoms with E-state index in [-0.39, 0.29) is 17.2 Å². The molecule has 0 unspecified atom stereocenters. The number of carbonyl (C=O) groups excluding carboxylic acids is 1. The fourth-order valence-electron chi connectivity index (χ4n) is 2.14. The second-order valence-electron chi connectivity index (χ2n) is 4.85. The molecule has 1 fully saturated rings. The molecular weight excluding hydrogens is 292 g/mol. The highest BCUT2D eigenvalue weighted by Crippen LogP contribution is 2.23. The smallest absolute Gasteiger partial charge is 0.339 e. The van der Waals surface area contributed by atoms with Gasteiger partial charge in [0.2, 0.25) is 5.91 Å². The minimum Gasteiger partial charge on any atom is -0.507 e. The van der Waals surface area contributed by atoms with Crippen LogP contribution in [0, 0.1) is 0 Å². The first-order valence-corrected chi connectivity index (χ1v) is 7.79. The Labute approximate surface area is 126 Å². The molecule has 1 aliphatic rings. The van der Waals surface area contributed by atoms with Crippen LogP contribution in [0.2, 0.25) is 0 Å². The highest BCUT2D eigenvalue weighted by Gasteiger charge is 2.16. The van der Waals surface area contributed by atoms with Crippen molar-refractivity contribution >= 4 is 29.3 Å². The average molecular weight is 310 g/mol. The molecule has 4 N–H and O–H groups in total. The lowest BCUT2D eigenvalue weighted by atomic mass is 10.2. The zero-order valence-electron chi connectivity index (χ0n) is 11.5. The summed E-state index contributed by atoms with van der Waals surface area (Å²) in [5, 5.41) is 24.7. The van der Waals surface area contributed by atoms with Gasteiger partial charge in [-0.15, -0.1) is 11.8 Å². The predicted molar refractivity (Wildman–Crippen MR) is 82.0 cm³/mol. The van der Waals surface area contributed by atoms with Crippen molar-refractivity contribution in [2.45, 2.75) is 18.1 Å². The number of hydrogen-bond donors (Lipinski definition) is 4. The zero-order valence-corrected chi connectivity index (χ0v) is 12.3. The molecule has 1 aromatic rings. The lowest BCUT2D eigenvalue weighted by Gasteiger charge is -2.21. The summed E-state index contributed by atoms with van der Waals surface area (Å²) in [6, 6.07) is 4.00. The van der Waals surface area contributed by atoms with Crippen LogP contribution in [0.25, 0.3) is 0 Å². The lowest BCUT2D eigenvalue weighted by Crippen LogP contribution is -2.30. The van der Waals surface area contributed by atoms with E-state index >= 15 is 0 Å². The van der Waals surface area contributed by atoms with Crippen molar-refractivity contribution in [3.05, 3.63) is 23.8 Å². The monoisotopic (exact) mass is 310 g/mol. The van der Waals surface area contributed by atoms with Crippen LogP contribution in [0.15, 0.2) is 18.2 Å². The molecule has 0 saturated carbocycles. The van der Waals surface area contributed by atoms with E-state index in [0.717, 1.165) is 25.9 Å². The normalized spacial score (nSPS) is 15.6. The molecule has 2 rings (SSSR count). The summed E-state index contributed by atoms with van der Waals surface area (Å²) in [4.78, 5) is 22.8. The molecule has 0 spiro atoms. The Kier molecular flexibility index (Phi) is 5.46. The second-order valence-corrected chi connectivity index (χ2v) is 6.13. The maximum Gasteiger partial charge on any atom is 0.339 e. The van der Waals surface area contributed by atoms with E-state index in [1.54, 1.807) is 11.8 Å². The third-order valence-corrected chi connectivity index (χ3v) is 4.62. The number of amides is 1. The maximum atomic E-state index is 11.9. The van der Waals surface area contributed by atoms with Crippen LogP contribution in [0.3, 0.4) is 0 Å². The van der Waals surface area contributed by atoms with Gasteiger partial charge in [-0.25, -0.2) is 4.79 Å². The number of anilines is 1. The number of carboxylic acids is 1. The molecule has 1 aromatic carbocycles. The first kappa shape index (κ1) is 15.7. The Morgan fingerprint density at radius 2 is 2.05 bits per heavy atom. The molecule has 1 amide bonds. The predicted octanol–water partition coefficient (Wildman–Crippen LogP) is 1.51. The van der Waals surface area contributed by atoms with E-state index < -0.39 is 5.97 Å². The molecule has 1 saturated heterocycles. The number of benzene rings is 1. The number of piperidine rings is 1. The Bertz CT molecular complexity index is 530. The van der Waals surface area contributed by atoms with Gasteiger partial charge in [0.1, 0.15) is 11.3 Å². The lowest BCUT2D eigenvalue weighted by molar-refractivity contribution is -0.113. The van der Waals surface area contributed by atoms with Gasteiger partial charge in [-0.1, -0.05) is 0 Å². The Balaban J connectivity index is 1.87. The number of phenols is 1. The minimum atomic E-state index is -1.23. The average Bonchev–Trinajstić information content (AvgIpc) is 2.48. The SMILES string of the molecule is O=C(CSC1CCNCC1)Nc1ccc(O)c(C(=O)O)c1. The van der Waals surface area contributed by atoms with Crippen LogP contribution >= 0.6 is 11.8 Å². The number of hydrogen-bond acceptors (Lipinski definition) is 5. The number of carbonyl (C=O) groups is 2. The molecular formula is C14H18N2O4S. The van der Waals surface area contributed by atoms with Crippen molar-refractivity contribution in [1.82, 2.24) is 5.32 Å². The van der Waals surface area contributed by atoms with Crippen molar-refractivity contribution in [3.63, 3.8) is 0 Å². The zero-order chi connectivity index (χ0) is 15.2. The summed E-state index contributed by atoms with van der Waals surface area (Å²) in [6.07, 6.45) is 2.11. The van der Waals surface area contributed by atoms with Gasteiger partial charge >= 0.3 is 5.97 Å². The number of thioether (sulfide) groups is 1. The first-order valence-electron chi connectivity index (χ1n) is 6.75. The number of rotatable bonds is 5. The summed E-state index contributed by atoms with van der Waals surface area (Å²) >= 11 is 1.62. The van der Waals surface area contributed by atoms with Gasteiger partial charge < -0.3 is 20.8 Å². The van der Waals surface area contributed by atoms with Gasteiger partial charge in [-0.2, -0.15) is 0 Å². The molecule has 114 valence electrons. The molecule has 0 aliphatic carbocycles. The molecule has 0 atom stereocenters. The van der Waals surface area contributed by atoms with E-state index in [1.165, 1.54) is 18.2 Å². The molecule has 0 bridgehead atoms. The molecule has 0 radical (unpaired) electrons. The van der Waals surface area contributed by atoms with Crippen LogP contribution in [0.1, 0.15) is 23.2 Å². The van der Waals surface area contributed by atoms with Gasteiger partial charge in [-0.3, -0.25) is 4.79 Å². The standard InChI is InChI=1S/C14H18N2O4S/c17-12-2-1-9(7-11(12)14(19)20)16-13(18)8-21-10-3-5-15-6-4-10/h1-2,7,10,15,17H,3-6,8H2,(H,16,18)(H,19,20). The number of aromatic carboxylic acids is 1. The van der Waals surface area contributed by atoms with E-state index in [4.69, 9.17) is 5.11 Å². The highest BCUT2D eigenvalue weighted by atomic mass is 32.2. The molecule has 21 heavy (non-hydrogen) atoms. The number of nitrogens with one attached hydrogen (secondary N) is 2. The summed E-state index contributed by atoms with van der Waals surface area (Å²) < 4.78 is 0. The Hall–Kier alpha value is -1.73. The van der Waals surface area contributed by atoms with Crippen LogP contribution in [-0.2, 0) is 4.79 Å². The molecule has 6 nitrogen and oxygen atoms in total. The highest BCUT2D eigenvalue weighted by molar-refractivity contribution is 8.00. The van der Waals surface area contributed by atoms with E-state index in [0.29, 0.717) is 16.7 Å². The van der Waals surface area contributed by atoms with E-state index in [1.807, 2.05) is 0 Å². The third-order valence-electron chi connectivity index (χ3n) is 3.25. The van der Waals surface area contributed by atoms with E-state index in [2.05, 4.69) is 10.6 Å². The third kappa shape index (κ3) is 4.64. The van der Waals surface area contributed by atoms with Gasteiger partial charge in [0.15, 0.2) is 0 Å². The van der Waals surface area contributed by atoms with Crippen molar-refractivity contribution in [2.24, 2.45) is 0 Å². The molecule has 0 aromatic heterocycles. The van der Waals surface area contributed by atoms with E-state index in [9.17, 15) is 14.7 Å². The van der Waals surface area contributed by atoms with Crippen LogP contribution in [0.4, 0.5) is 5.69 Å². The number of carboxylic acid groups (broad SMARTS) is 1. The molecule has 1 aliphatic heterocycles. The topological polar surface area (TPSA) is 98.7 Å². The Morgan fingerprint density at radius 1 is 1.33 bits per heavy atom. The summed E-state index contributed by atoms with van der Waals surface area (Å²) in [7, 11) is 0. The summed E-state index contributed by atoms with van der Waals surface area (Å²) in [6.45, 7) is 1.97. The van der Waals surface area contributed by atoms with Gasteiger partial charge in [0, 0.05) is 10.9 Å². The second kappa shape index (κ2) is 7.33.